The molecule has 20 heavy (non-hydrogen) atoms. The lowest BCUT2D eigenvalue weighted by molar-refractivity contribution is -0.144. The average molecular weight is 280 g/mol. The van der Waals surface area contributed by atoms with Crippen molar-refractivity contribution in [3.63, 3.8) is 0 Å². The molecule has 0 spiro atoms. The number of rotatable bonds is 1. The van der Waals surface area contributed by atoms with E-state index < -0.39 is 29.3 Å². The van der Waals surface area contributed by atoms with Gasteiger partial charge in [-0.2, -0.15) is 0 Å². The summed E-state index contributed by atoms with van der Waals surface area (Å²) in [6.07, 6.45) is 2.26. The zero-order chi connectivity index (χ0) is 14.3. The Balaban J connectivity index is 1.98. The molecule has 106 valence electrons. The molecule has 2 amide bonds. The number of halogens is 2. The fraction of sp³-hybridized carbons (Fsp3) is 0.429. The third-order valence-corrected chi connectivity index (χ3v) is 3.88. The fourth-order valence-electron chi connectivity index (χ4n) is 2.91. The number of fused-ring (bicyclic) bond motifs is 1. The molecule has 3 rings (SSSR count). The van der Waals surface area contributed by atoms with Crippen molar-refractivity contribution in [1.29, 1.82) is 0 Å². The van der Waals surface area contributed by atoms with Gasteiger partial charge in [0.15, 0.2) is 0 Å². The highest BCUT2D eigenvalue weighted by Crippen LogP contribution is 2.30. The summed E-state index contributed by atoms with van der Waals surface area (Å²) >= 11 is 0. The first kappa shape index (κ1) is 13.0. The summed E-state index contributed by atoms with van der Waals surface area (Å²) in [5.74, 6) is -2.30. The van der Waals surface area contributed by atoms with Crippen molar-refractivity contribution < 1.29 is 18.4 Å². The Hall–Kier alpha value is -1.98. The Morgan fingerprint density at radius 3 is 2.50 bits per heavy atom. The van der Waals surface area contributed by atoms with E-state index in [0.29, 0.717) is 13.0 Å². The largest absolute Gasteiger partial charge is 0.329 e. The highest BCUT2D eigenvalue weighted by atomic mass is 19.1. The molecule has 0 aliphatic carbocycles. The number of carbonyl (C=O) groups is 2. The van der Waals surface area contributed by atoms with Crippen LogP contribution < -0.4 is 4.90 Å². The lowest BCUT2D eigenvalue weighted by Gasteiger charge is -2.42. The van der Waals surface area contributed by atoms with Gasteiger partial charge in [-0.05, 0) is 31.4 Å². The summed E-state index contributed by atoms with van der Waals surface area (Å²) in [5.41, 5.74) is -0.420. The van der Waals surface area contributed by atoms with Gasteiger partial charge in [0.2, 0.25) is 11.8 Å². The van der Waals surface area contributed by atoms with Crippen molar-refractivity contribution in [2.24, 2.45) is 0 Å². The molecule has 1 aromatic rings. The van der Waals surface area contributed by atoms with E-state index >= 15 is 0 Å². The van der Waals surface area contributed by atoms with Gasteiger partial charge in [-0.1, -0.05) is 6.07 Å². The second kappa shape index (κ2) is 4.85. The van der Waals surface area contributed by atoms with Gasteiger partial charge in [-0.3, -0.25) is 14.5 Å². The Morgan fingerprint density at radius 2 is 1.80 bits per heavy atom. The number of amides is 2. The zero-order valence-electron chi connectivity index (χ0n) is 10.8. The monoisotopic (exact) mass is 280 g/mol. The molecule has 2 heterocycles. The highest BCUT2D eigenvalue weighted by molar-refractivity contribution is 6.06. The van der Waals surface area contributed by atoms with Crippen LogP contribution in [0, 0.1) is 11.6 Å². The lowest BCUT2D eigenvalue weighted by atomic mass is 9.98. The molecule has 1 atom stereocenters. The van der Waals surface area contributed by atoms with E-state index in [0.717, 1.165) is 29.9 Å². The van der Waals surface area contributed by atoms with E-state index in [2.05, 4.69) is 0 Å². The molecule has 0 aromatic heterocycles. The predicted molar refractivity (Wildman–Crippen MR) is 68.1 cm³/mol. The van der Waals surface area contributed by atoms with E-state index in [4.69, 9.17) is 0 Å². The summed E-state index contributed by atoms with van der Waals surface area (Å²) < 4.78 is 27.6. The summed E-state index contributed by atoms with van der Waals surface area (Å²) in [6.45, 7) is 0.246. The number of nitrogens with zero attached hydrogens (tertiary/aromatic N) is 2. The Kier molecular flexibility index (Phi) is 3.16. The molecule has 0 bridgehead atoms. The third-order valence-electron chi connectivity index (χ3n) is 3.88. The normalized spacial score (nSPS) is 23.0. The second-order valence-corrected chi connectivity index (χ2v) is 5.09. The first-order chi connectivity index (χ1) is 9.59. The van der Waals surface area contributed by atoms with Crippen LogP contribution in [-0.4, -0.2) is 35.8 Å². The van der Waals surface area contributed by atoms with Crippen molar-refractivity contribution in [2.45, 2.75) is 25.3 Å². The highest BCUT2D eigenvalue weighted by Gasteiger charge is 2.42. The minimum atomic E-state index is -0.824. The van der Waals surface area contributed by atoms with Crippen LogP contribution in [0.15, 0.2) is 18.2 Å². The average Bonchev–Trinajstić information content (AvgIpc) is 2.44. The van der Waals surface area contributed by atoms with Crippen LogP contribution in [0.25, 0.3) is 0 Å². The number of hydrogen-bond donors (Lipinski definition) is 0. The number of para-hydroxylation sites is 1. The number of piperidine rings is 1. The molecular weight excluding hydrogens is 266 g/mol. The summed E-state index contributed by atoms with van der Waals surface area (Å²) in [4.78, 5) is 26.9. The summed E-state index contributed by atoms with van der Waals surface area (Å²) in [5, 5.41) is 0. The number of anilines is 1. The molecule has 2 fully saturated rings. The maximum absolute atomic E-state index is 13.8. The minimum absolute atomic E-state index is 0.253. The van der Waals surface area contributed by atoms with Gasteiger partial charge in [0.25, 0.3) is 0 Å². The van der Waals surface area contributed by atoms with Crippen molar-refractivity contribution in [1.82, 2.24) is 4.90 Å². The van der Waals surface area contributed by atoms with Gasteiger partial charge in [-0.15, -0.1) is 0 Å². The van der Waals surface area contributed by atoms with E-state index in [1.807, 2.05) is 0 Å². The fourth-order valence-corrected chi connectivity index (χ4v) is 2.91. The molecule has 0 radical (unpaired) electrons. The van der Waals surface area contributed by atoms with E-state index in [-0.39, 0.29) is 12.5 Å². The molecule has 4 nitrogen and oxygen atoms in total. The Morgan fingerprint density at radius 1 is 1.10 bits per heavy atom. The molecule has 1 unspecified atom stereocenters. The number of hydrogen-bond acceptors (Lipinski definition) is 2. The van der Waals surface area contributed by atoms with E-state index in [1.165, 1.54) is 11.0 Å². The topological polar surface area (TPSA) is 40.6 Å². The Bertz CT molecular complexity index is 556. The quantitative estimate of drug-likeness (QED) is 0.785. The van der Waals surface area contributed by atoms with Crippen LogP contribution in [0.4, 0.5) is 14.5 Å². The first-order valence-electron chi connectivity index (χ1n) is 6.64. The lowest BCUT2D eigenvalue weighted by Crippen LogP contribution is -2.61. The van der Waals surface area contributed by atoms with Gasteiger partial charge >= 0.3 is 0 Å². The number of benzene rings is 1. The molecular formula is C14H14F2N2O2. The standard InChI is InChI=1S/C14H14F2N2O2/c15-9-4-3-5-10(16)13(9)18-8-12(19)17-7-2-1-6-11(17)14(18)20/h3-5,11H,1-2,6-8H2. The van der Waals surface area contributed by atoms with Gasteiger partial charge in [0.1, 0.15) is 29.9 Å². The van der Waals surface area contributed by atoms with Crippen LogP contribution in [0.2, 0.25) is 0 Å². The maximum Gasteiger partial charge on any atom is 0.250 e. The van der Waals surface area contributed by atoms with Crippen LogP contribution in [0.3, 0.4) is 0 Å². The van der Waals surface area contributed by atoms with Crippen LogP contribution in [0.5, 0.6) is 0 Å². The summed E-state index contributed by atoms with van der Waals surface area (Å²) in [6, 6.07) is 2.83. The zero-order valence-corrected chi connectivity index (χ0v) is 10.8. The first-order valence-corrected chi connectivity index (χ1v) is 6.64. The summed E-state index contributed by atoms with van der Waals surface area (Å²) in [7, 11) is 0. The Labute approximate surface area is 115 Å². The smallest absolute Gasteiger partial charge is 0.250 e. The van der Waals surface area contributed by atoms with Gasteiger partial charge in [0.05, 0.1) is 0 Å². The van der Waals surface area contributed by atoms with E-state index in [9.17, 15) is 18.4 Å². The van der Waals surface area contributed by atoms with Crippen LogP contribution in [0.1, 0.15) is 19.3 Å². The van der Waals surface area contributed by atoms with Crippen molar-refractivity contribution in [3.8, 4) is 0 Å². The molecule has 2 aliphatic heterocycles. The van der Waals surface area contributed by atoms with Crippen molar-refractivity contribution >= 4 is 17.5 Å². The molecule has 0 saturated carbocycles. The van der Waals surface area contributed by atoms with E-state index in [1.54, 1.807) is 0 Å². The van der Waals surface area contributed by atoms with Gasteiger partial charge in [-0.25, -0.2) is 8.78 Å². The molecule has 1 aromatic carbocycles. The predicted octanol–water partition coefficient (Wildman–Crippen LogP) is 1.69. The van der Waals surface area contributed by atoms with Crippen LogP contribution in [-0.2, 0) is 9.59 Å². The minimum Gasteiger partial charge on any atom is -0.329 e. The van der Waals surface area contributed by atoms with Gasteiger partial charge < -0.3 is 4.90 Å². The third kappa shape index (κ3) is 1.95. The SMILES string of the molecule is O=C1C2CCCCN2C(=O)CN1c1c(F)cccc1F. The number of piperazine rings is 1. The molecule has 0 N–H and O–H groups in total. The molecule has 2 saturated heterocycles. The number of carbonyl (C=O) groups excluding carboxylic acids is 2. The maximum atomic E-state index is 13.8. The molecule has 2 aliphatic rings. The van der Waals surface area contributed by atoms with Crippen LogP contribution >= 0.6 is 0 Å². The van der Waals surface area contributed by atoms with Crippen molar-refractivity contribution in [2.75, 3.05) is 18.0 Å². The van der Waals surface area contributed by atoms with Crippen molar-refractivity contribution in [3.05, 3.63) is 29.8 Å². The second-order valence-electron chi connectivity index (χ2n) is 5.09. The molecule has 6 heteroatoms. The van der Waals surface area contributed by atoms with Gasteiger partial charge in [0, 0.05) is 6.54 Å².